The highest BCUT2D eigenvalue weighted by molar-refractivity contribution is 5.56. The molecule has 3 rings (SSSR count). The molecule has 1 aliphatic heterocycles. The van der Waals surface area contributed by atoms with Crippen molar-refractivity contribution in [3.8, 4) is 0 Å². The van der Waals surface area contributed by atoms with Crippen LogP contribution < -0.4 is 15.5 Å². The van der Waals surface area contributed by atoms with Crippen LogP contribution in [0.1, 0.15) is 13.8 Å². The van der Waals surface area contributed by atoms with Gasteiger partial charge in [0.2, 0.25) is 0 Å². The predicted octanol–water partition coefficient (Wildman–Crippen LogP) is 3.74. The standard InChI is InChI=1S/C19H22N4/c1-16(2)21-19(22-17-7-6-12-20-15-17)10-13-23(14-11-19)18-8-4-3-5-9-18/h3-16,21-22H,1-2H3. The highest BCUT2D eigenvalue weighted by Gasteiger charge is 2.27. The Labute approximate surface area is 137 Å². The van der Waals surface area contributed by atoms with Crippen LogP contribution in [0.2, 0.25) is 0 Å². The Morgan fingerprint density at radius 2 is 1.74 bits per heavy atom. The lowest BCUT2D eigenvalue weighted by molar-refractivity contribution is 0.473. The average molecular weight is 306 g/mol. The molecular formula is C19H22N4. The third-order valence-electron chi connectivity index (χ3n) is 3.59. The first-order valence-corrected chi connectivity index (χ1v) is 7.85. The summed E-state index contributed by atoms with van der Waals surface area (Å²) >= 11 is 0. The largest absolute Gasteiger partial charge is 0.359 e. The topological polar surface area (TPSA) is 40.2 Å². The first kappa shape index (κ1) is 15.3. The Morgan fingerprint density at radius 3 is 2.35 bits per heavy atom. The molecule has 0 spiro atoms. The van der Waals surface area contributed by atoms with Gasteiger partial charge in [-0.2, -0.15) is 0 Å². The molecule has 4 heteroatoms. The van der Waals surface area contributed by atoms with Gasteiger partial charge in [-0.1, -0.05) is 18.2 Å². The van der Waals surface area contributed by atoms with Crippen LogP contribution in [0.3, 0.4) is 0 Å². The maximum absolute atomic E-state index is 4.17. The molecule has 4 nitrogen and oxygen atoms in total. The van der Waals surface area contributed by atoms with Gasteiger partial charge in [0, 0.05) is 36.5 Å². The van der Waals surface area contributed by atoms with Crippen molar-refractivity contribution < 1.29 is 0 Å². The molecule has 0 fully saturated rings. The van der Waals surface area contributed by atoms with Crippen LogP contribution in [0, 0.1) is 0 Å². The first-order valence-electron chi connectivity index (χ1n) is 7.85. The van der Waals surface area contributed by atoms with E-state index in [-0.39, 0.29) is 0 Å². The Morgan fingerprint density at radius 1 is 1.00 bits per heavy atom. The van der Waals surface area contributed by atoms with Crippen LogP contribution in [-0.4, -0.2) is 16.7 Å². The number of para-hydroxylation sites is 1. The van der Waals surface area contributed by atoms with Gasteiger partial charge in [-0.3, -0.25) is 10.3 Å². The van der Waals surface area contributed by atoms with E-state index in [2.05, 4.69) is 71.0 Å². The van der Waals surface area contributed by atoms with E-state index in [1.54, 1.807) is 6.20 Å². The number of hydrogen-bond donors (Lipinski definition) is 2. The summed E-state index contributed by atoms with van der Waals surface area (Å²) in [7, 11) is 0. The Kier molecular flexibility index (Phi) is 4.44. The third-order valence-corrected chi connectivity index (χ3v) is 3.59. The van der Waals surface area contributed by atoms with Crippen LogP contribution in [0.4, 0.5) is 11.4 Å². The number of aromatic nitrogens is 1. The van der Waals surface area contributed by atoms with Gasteiger partial charge in [-0.05, 0) is 50.3 Å². The third kappa shape index (κ3) is 3.79. The molecule has 0 bridgehead atoms. The quantitative estimate of drug-likeness (QED) is 0.826. The summed E-state index contributed by atoms with van der Waals surface area (Å²) in [5.41, 5.74) is 1.69. The predicted molar refractivity (Wildman–Crippen MR) is 96.1 cm³/mol. The lowest BCUT2D eigenvalue weighted by Crippen LogP contribution is -2.53. The zero-order valence-corrected chi connectivity index (χ0v) is 13.5. The van der Waals surface area contributed by atoms with Crippen molar-refractivity contribution in [2.75, 3.05) is 10.2 Å². The lowest BCUT2D eigenvalue weighted by atomic mass is 10.1. The zero-order valence-electron chi connectivity index (χ0n) is 13.5. The second-order valence-electron chi connectivity index (χ2n) is 5.91. The van der Waals surface area contributed by atoms with Gasteiger partial charge < -0.3 is 10.2 Å². The fraction of sp³-hybridized carbons (Fsp3) is 0.211. The molecule has 0 amide bonds. The van der Waals surface area contributed by atoms with Crippen LogP contribution in [0.15, 0.2) is 79.4 Å². The van der Waals surface area contributed by atoms with E-state index in [1.165, 1.54) is 0 Å². The highest BCUT2D eigenvalue weighted by Crippen LogP contribution is 2.23. The van der Waals surface area contributed by atoms with Crippen molar-refractivity contribution in [2.24, 2.45) is 0 Å². The van der Waals surface area contributed by atoms with Gasteiger partial charge in [0.15, 0.2) is 0 Å². The van der Waals surface area contributed by atoms with Crippen LogP contribution in [0.5, 0.6) is 0 Å². The Hall–Kier alpha value is -2.59. The summed E-state index contributed by atoms with van der Waals surface area (Å²) in [4.78, 5) is 6.28. The van der Waals surface area contributed by atoms with Crippen LogP contribution in [-0.2, 0) is 0 Å². The first-order chi connectivity index (χ1) is 11.2. The highest BCUT2D eigenvalue weighted by atomic mass is 15.2. The van der Waals surface area contributed by atoms with E-state index in [0.29, 0.717) is 6.04 Å². The number of rotatable bonds is 5. The van der Waals surface area contributed by atoms with Crippen LogP contribution >= 0.6 is 0 Å². The molecule has 2 heterocycles. The van der Waals surface area contributed by atoms with E-state index in [0.717, 1.165) is 11.4 Å². The minimum Gasteiger partial charge on any atom is -0.359 e. The molecular weight excluding hydrogens is 284 g/mol. The van der Waals surface area contributed by atoms with Gasteiger partial charge in [-0.25, -0.2) is 0 Å². The second-order valence-corrected chi connectivity index (χ2v) is 5.91. The van der Waals surface area contributed by atoms with Crippen molar-refractivity contribution in [3.63, 3.8) is 0 Å². The molecule has 0 atom stereocenters. The second kappa shape index (κ2) is 6.67. The van der Waals surface area contributed by atoms with Crippen molar-refractivity contribution in [1.29, 1.82) is 0 Å². The molecule has 0 aliphatic carbocycles. The monoisotopic (exact) mass is 306 g/mol. The minimum absolute atomic E-state index is 0.330. The van der Waals surface area contributed by atoms with Crippen molar-refractivity contribution in [3.05, 3.63) is 79.4 Å². The van der Waals surface area contributed by atoms with E-state index in [9.17, 15) is 0 Å². The lowest BCUT2D eigenvalue weighted by Gasteiger charge is -2.36. The Balaban J connectivity index is 1.83. The number of anilines is 2. The molecule has 1 aromatic heterocycles. The van der Waals surface area contributed by atoms with Crippen LogP contribution in [0.25, 0.3) is 0 Å². The normalized spacial score (nSPS) is 15.9. The Bertz CT molecular complexity index is 663. The van der Waals surface area contributed by atoms with E-state index in [1.807, 2.05) is 36.5 Å². The number of benzene rings is 1. The summed E-state index contributed by atoms with van der Waals surface area (Å²) in [6.07, 6.45) is 12.0. The summed E-state index contributed by atoms with van der Waals surface area (Å²) in [5.74, 6) is 0. The van der Waals surface area contributed by atoms with Crippen molar-refractivity contribution in [2.45, 2.75) is 25.6 Å². The number of hydrogen-bond acceptors (Lipinski definition) is 4. The summed E-state index contributed by atoms with van der Waals surface area (Å²) in [6.45, 7) is 4.27. The van der Waals surface area contributed by atoms with Gasteiger partial charge in [0.05, 0.1) is 5.69 Å². The van der Waals surface area contributed by atoms with Crippen molar-refractivity contribution >= 4 is 11.4 Å². The average Bonchev–Trinajstić information content (AvgIpc) is 2.56. The molecule has 0 radical (unpaired) electrons. The SMILES string of the molecule is CC(C)NC1(Nc2cccnc2)C=CN(c2ccccc2)C=C1. The summed E-state index contributed by atoms with van der Waals surface area (Å²) in [6, 6.07) is 14.6. The molecule has 1 aliphatic rings. The molecule has 0 unspecified atom stereocenters. The van der Waals surface area contributed by atoms with Gasteiger partial charge in [0.1, 0.15) is 5.66 Å². The fourth-order valence-electron chi connectivity index (χ4n) is 2.64. The zero-order chi connectivity index (χ0) is 16.1. The van der Waals surface area contributed by atoms with Gasteiger partial charge in [0.25, 0.3) is 0 Å². The number of nitrogens with zero attached hydrogens (tertiary/aromatic N) is 2. The number of nitrogens with one attached hydrogen (secondary N) is 2. The minimum atomic E-state index is -0.428. The smallest absolute Gasteiger partial charge is 0.131 e. The molecule has 23 heavy (non-hydrogen) atoms. The molecule has 2 N–H and O–H groups in total. The van der Waals surface area contributed by atoms with E-state index >= 15 is 0 Å². The molecule has 118 valence electrons. The molecule has 0 saturated carbocycles. The van der Waals surface area contributed by atoms with Gasteiger partial charge in [-0.15, -0.1) is 0 Å². The maximum atomic E-state index is 4.17. The molecule has 1 aromatic carbocycles. The summed E-state index contributed by atoms with van der Waals surface area (Å²) in [5, 5.41) is 7.10. The molecule has 2 aromatic rings. The van der Waals surface area contributed by atoms with E-state index < -0.39 is 5.66 Å². The fourth-order valence-corrected chi connectivity index (χ4v) is 2.64. The van der Waals surface area contributed by atoms with Gasteiger partial charge >= 0.3 is 0 Å². The van der Waals surface area contributed by atoms with E-state index in [4.69, 9.17) is 0 Å². The number of pyridine rings is 1. The van der Waals surface area contributed by atoms with Crippen molar-refractivity contribution in [1.82, 2.24) is 10.3 Å². The maximum Gasteiger partial charge on any atom is 0.131 e. The molecule has 0 saturated heterocycles. The summed E-state index contributed by atoms with van der Waals surface area (Å²) < 4.78 is 0.